The minimum Gasteiger partial charge on any atom is -0.392 e. The van der Waals surface area contributed by atoms with Crippen LogP contribution in [0.15, 0.2) is 41.3 Å². The molecule has 0 aliphatic heterocycles. The molecule has 0 aliphatic carbocycles. The lowest BCUT2D eigenvalue weighted by atomic mass is 10.2. The monoisotopic (exact) mass is 345 g/mol. The highest BCUT2D eigenvalue weighted by Gasteiger charge is 2.20. The molecule has 112 valence electrons. The summed E-state index contributed by atoms with van der Waals surface area (Å²) in [6, 6.07) is 9.52. The first-order chi connectivity index (χ1) is 9.83. The van der Waals surface area contributed by atoms with Crippen molar-refractivity contribution >= 4 is 38.9 Å². The van der Waals surface area contributed by atoms with Crippen molar-refractivity contribution in [3.05, 3.63) is 57.6 Å². The van der Waals surface area contributed by atoms with E-state index in [1.54, 1.807) is 18.2 Å². The van der Waals surface area contributed by atoms with Gasteiger partial charge in [0, 0.05) is 10.7 Å². The number of halogens is 2. The predicted octanol–water partition coefficient (Wildman–Crippen LogP) is 3.59. The molecule has 2 rings (SSSR count). The molecule has 0 spiro atoms. The predicted molar refractivity (Wildman–Crippen MR) is 84.4 cm³/mol. The maximum absolute atomic E-state index is 12.4. The van der Waals surface area contributed by atoms with Crippen LogP contribution in [0.25, 0.3) is 0 Å². The number of aryl methyl sites for hydroxylation is 1. The quantitative estimate of drug-likeness (QED) is 0.889. The normalized spacial score (nSPS) is 11.4. The van der Waals surface area contributed by atoms with Crippen LogP contribution in [0.4, 0.5) is 5.69 Å². The molecule has 0 unspecified atom stereocenters. The van der Waals surface area contributed by atoms with Gasteiger partial charge in [0.25, 0.3) is 10.0 Å². The Balaban J connectivity index is 2.44. The molecule has 0 aromatic heterocycles. The second-order valence-corrected chi connectivity index (χ2v) is 6.97. The Morgan fingerprint density at radius 2 is 1.86 bits per heavy atom. The fourth-order valence-electron chi connectivity index (χ4n) is 1.82. The average molecular weight is 346 g/mol. The molecule has 0 aliphatic rings. The van der Waals surface area contributed by atoms with Gasteiger partial charge in [0.2, 0.25) is 0 Å². The molecule has 0 saturated heterocycles. The SMILES string of the molecule is Cc1cccc(NS(=O)(=O)c2cc(CO)c(Cl)cc2Cl)c1. The van der Waals surface area contributed by atoms with Crippen molar-refractivity contribution in [2.75, 3.05) is 4.72 Å². The second-order valence-electron chi connectivity index (χ2n) is 4.51. The van der Waals surface area contributed by atoms with Crippen LogP contribution in [0.2, 0.25) is 10.0 Å². The van der Waals surface area contributed by atoms with Crippen LogP contribution in [-0.4, -0.2) is 13.5 Å². The summed E-state index contributed by atoms with van der Waals surface area (Å²) in [5, 5.41) is 9.40. The van der Waals surface area contributed by atoms with E-state index in [9.17, 15) is 13.5 Å². The number of rotatable bonds is 4. The summed E-state index contributed by atoms with van der Waals surface area (Å²) in [6.45, 7) is 1.49. The van der Waals surface area contributed by atoms with Gasteiger partial charge in [-0.3, -0.25) is 4.72 Å². The van der Waals surface area contributed by atoms with E-state index in [1.165, 1.54) is 12.1 Å². The minimum absolute atomic E-state index is 0.00245. The minimum atomic E-state index is -3.86. The zero-order valence-corrected chi connectivity index (χ0v) is 13.4. The van der Waals surface area contributed by atoms with E-state index >= 15 is 0 Å². The average Bonchev–Trinajstić information content (AvgIpc) is 2.37. The van der Waals surface area contributed by atoms with Crippen molar-refractivity contribution in [3.8, 4) is 0 Å². The fraction of sp³-hybridized carbons (Fsp3) is 0.143. The number of sulfonamides is 1. The molecule has 2 aromatic carbocycles. The van der Waals surface area contributed by atoms with E-state index < -0.39 is 10.0 Å². The summed E-state index contributed by atoms with van der Waals surface area (Å²) >= 11 is 11.8. The number of benzene rings is 2. The van der Waals surface area contributed by atoms with Crippen LogP contribution in [0.1, 0.15) is 11.1 Å². The number of hydrogen-bond acceptors (Lipinski definition) is 3. The largest absolute Gasteiger partial charge is 0.392 e. The lowest BCUT2D eigenvalue weighted by molar-refractivity contribution is 0.281. The number of aliphatic hydroxyl groups excluding tert-OH is 1. The molecule has 0 heterocycles. The molecule has 0 fully saturated rings. The van der Waals surface area contributed by atoms with E-state index in [0.29, 0.717) is 11.3 Å². The molecule has 0 saturated carbocycles. The first kappa shape index (κ1) is 16.1. The Labute approximate surface area is 133 Å². The third-order valence-corrected chi connectivity index (χ3v) is 5.03. The Hall–Kier alpha value is -1.27. The summed E-state index contributed by atoms with van der Waals surface area (Å²) < 4.78 is 27.2. The lowest BCUT2D eigenvalue weighted by Crippen LogP contribution is -2.14. The molecule has 2 aromatic rings. The highest BCUT2D eigenvalue weighted by molar-refractivity contribution is 7.92. The van der Waals surface area contributed by atoms with E-state index in [-0.39, 0.29) is 21.5 Å². The van der Waals surface area contributed by atoms with Crippen LogP contribution in [0, 0.1) is 6.92 Å². The molecule has 7 heteroatoms. The van der Waals surface area contributed by atoms with Gasteiger partial charge in [0.05, 0.1) is 11.6 Å². The third kappa shape index (κ3) is 3.68. The third-order valence-electron chi connectivity index (χ3n) is 2.83. The van der Waals surface area contributed by atoms with Crippen molar-refractivity contribution < 1.29 is 13.5 Å². The molecule has 4 nitrogen and oxygen atoms in total. The van der Waals surface area contributed by atoms with Crippen LogP contribution in [-0.2, 0) is 16.6 Å². The van der Waals surface area contributed by atoms with Crippen molar-refractivity contribution in [2.45, 2.75) is 18.4 Å². The van der Waals surface area contributed by atoms with Gasteiger partial charge in [-0.2, -0.15) is 0 Å². The summed E-state index contributed by atoms with van der Waals surface area (Å²) in [7, 11) is -3.86. The highest BCUT2D eigenvalue weighted by Crippen LogP contribution is 2.30. The summed E-state index contributed by atoms with van der Waals surface area (Å²) in [5.74, 6) is 0. The number of anilines is 1. The first-order valence-corrected chi connectivity index (χ1v) is 8.25. The van der Waals surface area contributed by atoms with Crippen LogP contribution < -0.4 is 4.72 Å². The van der Waals surface area contributed by atoms with Gasteiger partial charge in [-0.05, 0) is 42.3 Å². The zero-order chi connectivity index (χ0) is 15.6. The number of hydrogen-bond donors (Lipinski definition) is 2. The van der Waals surface area contributed by atoms with Crippen LogP contribution in [0.3, 0.4) is 0 Å². The molecular weight excluding hydrogens is 333 g/mol. The topological polar surface area (TPSA) is 66.4 Å². The van der Waals surface area contributed by atoms with Gasteiger partial charge in [0.15, 0.2) is 0 Å². The Morgan fingerprint density at radius 1 is 1.14 bits per heavy atom. The van der Waals surface area contributed by atoms with Crippen LogP contribution >= 0.6 is 23.2 Å². The van der Waals surface area contributed by atoms with E-state index in [0.717, 1.165) is 5.56 Å². The molecular formula is C14H13Cl2NO3S. The van der Waals surface area contributed by atoms with Gasteiger partial charge >= 0.3 is 0 Å². The summed E-state index contributed by atoms with van der Waals surface area (Å²) in [5.41, 5.74) is 1.66. The Kier molecular flexibility index (Phi) is 4.78. The maximum atomic E-state index is 12.4. The van der Waals surface area contributed by atoms with Gasteiger partial charge < -0.3 is 5.11 Å². The highest BCUT2D eigenvalue weighted by atomic mass is 35.5. The summed E-state index contributed by atoms with van der Waals surface area (Å²) in [4.78, 5) is -0.126. The Morgan fingerprint density at radius 3 is 2.48 bits per heavy atom. The Bertz CT molecular complexity index is 776. The number of aliphatic hydroxyl groups is 1. The number of nitrogens with one attached hydrogen (secondary N) is 1. The zero-order valence-electron chi connectivity index (χ0n) is 11.1. The molecule has 0 bridgehead atoms. The van der Waals surface area contributed by atoms with Crippen molar-refractivity contribution in [2.24, 2.45) is 0 Å². The summed E-state index contributed by atoms with van der Waals surface area (Å²) in [6.07, 6.45) is 0. The van der Waals surface area contributed by atoms with Crippen molar-refractivity contribution in [1.82, 2.24) is 0 Å². The van der Waals surface area contributed by atoms with Crippen molar-refractivity contribution in [3.63, 3.8) is 0 Å². The van der Waals surface area contributed by atoms with E-state index in [1.807, 2.05) is 13.0 Å². The first-order valence-electron chi connectivity index (χ1n) is 6.02. The van der Waals surface area contributed by atoms with Gasteiger partial charge in [-0.1, -0.05) is 35.3 Å². The standard InChI is InChI=1S/C14H13Cl2NO3S/c1-9-3-2-4-11(5-9)17-21(19,20)14-6-10(8-18)12(15)7-13(14)16/h2-7,17-18H,8H2,1H3. The van der Waals surface area contributed by atoms with Crippen molar-refractivity contribution in [1.29, 1.82) is 0 Å². The molecule has 0 atom stereocenters. The smallest absolute Gasteiger partial charge is 0.263 e. The van der Waals surface area contributed by atoms with Gasteiger partial charge in [0.1, 0.15) is 4.90 Å². The van der Waals surface area contributed by atoms with Crippen LogP contribution in [0.5, 0.6) is 0 Å². The lowest BCUT2D eigenvalue weighted by Gasteiger charge is -2.12. The second kappa shape index (κ2) is 6.23. The molecule has 2 N–H and O–H groups in total. The maximum Gasteiger partial charge on any atom is 0.263 e. The van der Waals surface area contributed by atoms with E-state index in [2.05, 4.69) is 4.72 Å². The van der Waals surface area contributed by atoms with E-state index in [4.69, 9.17) is 23.2 Å². The molecule has 0 amide bonds. The molecule has 0 radical (unpaired) electrons. The fourth-order valence-corrected chi connectivity index (χ4v) is 3.72. The molecule has 21 heavy (non-hydrogen) atoms. The van der Waals surface area contributed by atoms with Gasteiger partial charge in [-0.15, -0.1) is 0 Å². The van der Waals surface area contributed by atoms with Gasteiger partial charge in [-0.25, -0.2) is 8.42 Å².